The van der Waals surface area contributed by atoms with Crippen LogP contribution in [-0.4, -0.2) is 19.2 Å². The minimum absolute atomic E-state index is 0.579. The third-order valence-electron chi connectivity index (χ3n) is 3.81. The molecule has 1 rings (SSSR count). The molecule has 0 radical (unpaired) electrons. The van der Waals surface area contributed by atoms with Crippen molar-refractivity contribution in [3.63, 3.8) is 0 Å². The summed E-state index contributed by atoms with van der Waals surface area (Å²) in [5.74, 6) is 1.58. The van der Waals surface area contributed by atoms with Crippen LogP contribution in [0.2, 0.25) is 0 Å². The van der Waals surface area contributed by atoms with E-state index in [4.69, 9.17) is 4.74 Å². The van der Waals surface area contributed by atoms with Crippen LogP contribution in [0.5, 0.6) is 5.75 Å². The van der Waals surface area contributed by atoms with E-state index in [-0.39, 0.29) is 0 Å². The number of ether oxygens (including phenoxy) is 1. The number of rotatable bonds is 9. The fraction of sp³-hybridized carbons (Fsp3) is 0.667. The van der Waals surface area contributed by atoms with Crippen LogP contribution in [0.15, 0.2) is 18.2 Å². The van der Waals surface area contributed by atoms with Gasteiger partial charge in [-0.15, -0.1) is 0 Å². The average molecular weight is 277 g/mol. The van der Waals surface area contributed by atoms with E-state index in [1.165, 1.54) is 24.0 Å². The fourth-order valence-corrected chi connectivity index (χ4v) is 2.30. The number of nitrogens with one attached hydrogen (secondary N) is 1. The van der Waals surface area contributed by atoms with E-state index in [0.29, 0.717) is 12.0 Å². The van der Waals surface area contributed by atoms with Crippen LogP contribution in [0, 0.1) is 6.92 Å². The molecule has 0 spiro atoms. The number of benzene rings is 1. The highest BCUT2D eigenvalue weighted by Crippen LogP contribution is 2.23. The van der Waals surface area contributed by atoms with Crippen molar-refractivity contribution >= 4 is 0 Å². The molecule has 0 fully saturated rings. The average Bonchev–Trinajstić information content (AvgIpc) is 2.42. The summed E-state index contributed by atoms with van der Waals surface area (Å²) in [6.07, 6.45) is 3.47. The molecule has 0 aliphatic carbocycles. The molecular formula is C18H31NO. The molecule has 0 saturated carbocycles. The first-order valence-corrected chi connectivity index (χ1v) is 8.01. The summed E-state index contributed by atoms with van der Waals surface area (Å²) < 4.78 is 5.83. The third-order valence-corrected chi connectivity index (χ3v) is 3.81. The van der Waals surface area contributed by atoms with Gasteiger partial charge in [0.1, 0.15) is 5.75 Å². The fourth-order valence-electron chi connectivity index (χ4n) is 2.30. The standard InChI is InChI=1S/C18H31NO/c1-6-16(5)19-11-7-8-12-20-17-9-10-18(14(2)3)15(4)13-17/h9-10,13-14,16,19H,6-8,11-12H2,1-5H3/t16-/m1/s1. The molecule has 1 aromatic rings. The Hall–Kier alpha value is -1.02. The molecule has 1 aromatic carbocycles. The molecule has 114 valence electrons. The Bertz CT molecular complexity index is 387. The first-order chi connectivity index (χ1) is 9.54. The molecule has 0 aliphatic rings. The Morgan fingerprint density at radius 1 is 1.15 bits per heavy atom. The second kappa shape index (κ2) is 9.02. The van der Waals surface area contributed by atoms with Crippen molar-refractivity contribution < 1.29 is 4.74 Å². The van der Waals surface area contributed by atoms with Crippen molar-refractivity contribution in [1.82, 2.24) is 5.32 Å². The van der Waals surface area contributed by atoms with E-state index in [2.05, 4.69) is 58.1 Å². The lowest BCUT2D eigenvalue weighted by Crippen LogP contribution is -2.26. The van der Waals surface area contributed by atoms with Crippen molar-refractivity contribution in [3.8, 4) is 5.75 Å². The third kappa shape index (κ3) is 5.96. The molecule has 20 heavy (non-hydrogen) atoms. The van der Waals surface area contributed by atoms with E-state index >= 15 is 0 Å². The highest BCUT2D eigenvalue weighted by atomic mass is 16.5. The van der Waals surface area contributed by atoms with Crippen molar-refractivity contribution in [2.75, 3.05) is 13.2 Å². The minimum atomic E-state index is 0.579. The molecule has 0 aliphatic heterocycles. The van der Waals surface area contributed by atoms with Gasteiger partial charge in [-0.2, -0.15) is 0 Å². The molecule has 0 saturated heterocycles. The zero-order chi connectivity index (χ0) is 15.0. The predicted molar refractivity (Wildman–Crippen MR) is 87.8 cm³/mol. The molecule has 2 heteroatoms. The van der Waals surface area contributed by atoms with Crippen LogP contribution in [-0.2, 0) is 0 Å². The first kappa shape index (κ1) is 17.0. The molecule has 0 bridgehead atoms. The van der Waals surface area contributed by atoms with Crippen LogP contribution in [0.4, 0.5) is 0 Å². The number of unbranched alkanes of at least 4 members (excludes halogenated alkanes) is 1. The zero-order valence-electron chi connectivity index (χ0n) is 13.8. The summed E-state index contributed by atoms with van der Waals surface area (Å²) in [6.45, 7) is 13.0. The van der Waals surface area contributed by atoms with Crippen molar-refractivity contribution in [2.45, 2.75) is 65.8 Å². The molecule has 2 nitrogen and oxygen atoms in total. The van der Waals surface area contributed by atoms with Crippen LogP contribution in [0.3, 0.4) is 0 Å². The van der Waals surface area contributed by atoms with Gasteiger partial charge in [-0.05, 0) is 68.8 Å². The quantitative estimate of drug-likeness (QED) is 0.663. The lowest BCUT2D eigenvalue weighted by molar-refractivity contribution is 0.304. The highest BCUT2D eigenvalue weighted by molar-refractivity contribution is 5.36. The summed E-state index contributed by atoms with van der Waals surface area (Å²) >= 11 is 0. The smallest absolute Gasteiger partial charge is 0.119 e. The van der Waals surface area contributed by atoms with Gasteiger partial charge in [-0.3, -0.25) is 0 Å². The number of aryl methyl sites for hydroxylation is 1. The van der Waals surface area contributed by atoms with Gasteiger partial charge >= 0.3 is 0 Å². The first-order valence-electron chi connectivity index (χ1n) is 8.01. The SMILES string of the molecule is CC[C@@H](C)NCCCCOc1ccc(C(C)C)c(C)c1. The largest absolute Gasteiger partial charge is 0.494 e. The van der Waals surface area contributed by atoms with Gasteiger partial charge in [-0.25, -0.2) is 0 Å². The zero-order valence-corrected chi connectivity index (χ0v) is 13.8. The predicted octanol–water partition coefficient (Wildman–Crippen LogP) is 4.67. The maximum atomic E-state index is 5.83. The van der Waals surface area contributed by atoms with Gasteiger partial charge in [0, 0.05) is 6.04 Å². The van der Waals surface area contributed by atoms with Crippen molar-refractivity contribution in [2.24, 2.45) is 0 Å². The van der Waals surface area contributed by atoms with Gasteiger partial charge in [0.2, 0.25) is 0 Å². The van der Waals surface area contributed by atoms with Gasteiger partial charge in [-0.1, -0.05) is 26.8 Å². The second-order valence-electron chi connectivity index (χ2n) is 5.99. The summed E-state index contributed by atoms with van der Waals surface area (Å²) in [4.78, 5) is 0. The maximum Gasteiger partial charge on any atom is 0.119 e. The highest BCUT2D eigenvalue weighted by Gasteiger charge is 2.04. The Balaban J connectivity index is 2.24. The Morgan fingerprint density at radius 3 is 2.50 bits per heavy atom. The number of hydrogen-bond acceptors (Lipinski definition) is 2. The topological polar surface area (TPSA) is 21.3 Å². The lowest BCUT2D eigenvalue weighted by Gasteiger charge is -2.13. The van der Waals surface area contributed by atoms with Crippen molar-refractivity contribution in [1.29, 1.82) is 0 Å². The summed E-state index contributed by atoms with van der Waals surface area (Å²) in [5, 5.41) is 3.50. The molecule has 0 unspecified atom stereocenters. The lowest BCUT2D eigenvalue weighted by atomic mass is 9.98. The van der Waals surface area contributed by atoms with E-state index in [0.717, 1.165) is 25.3 Å². The van der Waals surface area contributed by atoms with Gasteiger partial charge in [0.05, 0.1) is 6.61 Å². The Kier molecular flexibility index (Phi) is 7.68. The van der Waals surface area contributed by atoms with Gasteiger partial charge < -0.3 is 10.1 Å². The van der Waals surface area contributed by atoms with E-state index in [9.17, 15) is 0 Å². The minimum Gasteiger partial charge on any atom is -0.494 e. The van der Waals surface area contributed by atoms with Crippen LogP contribution >= 0.6 is 0 Å². The maximum absolute atomic E-state index is 5.83. The molecule has 1 atom stereocenters. The summed E-state index contributed by atoms with van der Waals surface area (Å²) in [6, 6.07) is 7.08. The Labute approximate surface area is 124 Å². The van der Waals surface area contributed by atoms with Crippen LogP contribution < -0.4 is 10.1 Å². The van der Waals surface area contributed by atoms with E-state index in [1.54, 1.807) is 0 Å². The van der Waals surface area contributed by atoms with Crippen molar-refractivity contribution in [3.05, 3.63) is 29.3 Å². The second-order valence-corrected chi connectivity index (χ2v) is 5.99. The molecular weight excluding hydrogens is 246 g/mol. The molecule has 0 amide bonds. The van der Waals surface area contributed by atoms with Crippen LogP contribution in [0.25, 0.3) is 0 Å². The van der Waals surface area contributed by atoms with Gasteiger partial charge in [0.15, 0.2) is 0 Å². The summed E-state index contributed by atoms with van der Waals surface area (Å²) in [7, 11) is 0. The number of hydrogen-bond donors (Lipinski definition) is 1. The molecule has 0 aromatic heterocycles. The normalized spacial score (nSPS) is 12.7. The summed E-state index contributed by atoms with van der Waals surface area (Å²) in [5.41, 5.74) is 2.74. The van der Waals surface area contributed by atoms with Crippen LogP contribution in [0.1, 0.15) is 64.0 Å². The van der Waals surface area contributed by atoms with Gasteiger partial charge in [0.25, 0.3) is 0 Å². The van der Waals surface area contributed by atoms with E-state index in [1.807, 2.05) is 0 Å². The molecule has 0 heterocycles. The monoisotopic (exact) mass is 277 g/mol. The van der Waals surface area contributed by atoms with E-state index < -0.39 is 0 Å². The Morgan fingerprint density at radius 2 is 1.90 bits per heavy atom. The molecule has 1 N–H and O–H groups in total.